The first-order valence-corrected chi connectivity index (χ1v) is 5.03. The summed E-state index contributed by atoms with van der Waals surface area (Å²) in [5.41, 5.74) is 3.26. The van der Waals surface area contributed by atoms with Gasteiger partial charge in [0.15, 0.2) is 0 Å². The van der Waals surface area contributed by atoms with Gasteiger partial charge in [-0.3, -0.25) is 4.68 Å². The van der Waals surface area contributed by atoms with E-state index in [0.717, 1.165) is 6.54 Å². The highest BCUT2D eigenvalue weighted by atomic mass is 32.2. The van der Waals surface area contributed by atoms with Gasteiger partial charge < -0.3 is 5.43 Å². The summed E-state index contributed by atoms with van der Waals surface area (Å²) in [5.74, 6) is 2.38. The zero-order chi connectivity index (χ0) is 7.94. The van der Waals surface area contributed by atoms with Gasteiger partial charge in [0, 0.05) is 24.7 Å². The highest BCUT2D eigenvalue weighted by Gasteiger charge is 1.85. The van der Waals surface area contributed by atoms with Crippen molar-refractivity contribution < 1.29 is 0 Å². The van der Waals surface area contributed by atoms with Crippen LogP contribution in [-0.4, -0.2) is 22.7 Å². The Morgan fingerprint density at radius 2 is 2.09 bits per heavy atom. The van der Waals surface area contributed by atoms with E-state index in [1.807, 2.05) is 41.0 Å². The average Bonchev–Trinajstić information content (AvgIpc) is 2.50. The fourth-order valence-corrected chi connectivity index (χ4v) is 1.36. The van der Waals surface area contributed by atoms with Gasteiger partial charge in [-0.1, -0.05) is 6.92 Å². The maximum absolute atomic E-state index is 3.26. The van der Waals surface area contributed by atoms with Crippen LogP contribution in [0.4, 0.5) is 0 Å². The SMILES string of the molecule is CCSCCNn1cccc1. The standard InChI is InChI=1S/C8H14N2S/c1-2-11-8-5-9-10-6-3-4-7-10/h3-4,6-7,9H,2,5,8H2,1H3. The number of nitrogens with zero attached hydrogens (tertiary/aromatic N) is 1. The Hall–Kier alpha value is -0.570. The second-order valence-corrected chi connectivity index (χ2v) is 3.59. The Kier molecular flexibility index (Phi) is 3.98. The van der Waals surface area contributed by atoms with Crippen LogP contribution in [0.5, 0.6) is 0 Å². The Labute approximate surface area is 72.0 Å². The molecule has 0 unspecified atom stereocenters. The molecule has 3 heteroatoms. The van der Waals surface area contributed by atoms with Gasteiger partial charge in [0.05, 0.1) is 0 Å². The van der Waals surface area contributed by atoms with E-state index in [9.17, 15) is 0 Å². The van der Waals surface area contributed by atoms with Gasteiger partial charge in [-0.15, -0.1) is 0 Å². The highest BCUT2D eigenvalue weighted by Crippen LogP contribution is 1.95. The number of nitrogens with one attached hydrogen (secondary N) is 1. The van der Waals surface area contributed by atoms with Crippen molar-refractivity contribution in [3.8, 4) is 0 Å². The molecule has 1 heterocycles. The minimum atomic E-state index is 1.03. The molecule has 62 valence electrons. The number of hydrogen-bond acceptors (Lipinski definition) is 2. The van der Waals surface area contributed by atoms with Gasteiger partial charge in [0.25, 0.3) is 0 Å². The summed E-state index contributed by atoms with van der Waals surface area (Å²) in [6, 6.07) is 4.03. The zero-order valence-electron chi connectivity index (χ0n) is 6.79. The van der Waals surface area contributed by atoms with Crippen LogP contribution in [0.2, 0.25) is 0 Å². The molecule has 0 saturated heterocycles. The van der Waals surface area contributed by atoms with Crippen molar-refractivity contribution in [1.82, 2.24) is 4.68 Å². The van der Waals surface area contributed by atoms with E-state index in [4.69, 9.17) is 0 Å². The molecule has 1 aromatic rings. The summed E-state index contributed by atoms with van der Waals surface area (Å²) in [5, 5.41) is 0. The van der Waals surface area contributed by atoms with Crippen LogP contribution in [0.25, 0.3) is 0 Å². The molecule has 0 aliphatic heterocycles. The molecule has 0 spiro atoms. The molecule has 0 radical (unpaired) electrons. The number of hydrogen-bond donors (Lipinski definition) is 1. The second kappa shape index (κ2) is 5.13. The Morgan fingerprint density at radius 3 is 2.73 bits per heavy atom. The van der Waals surface area contributed by atoms with Gasteiger partial charge in [-0.2, -0.15) is 11.8 Å². The summed E-state index contributed by atoms with van der Waals surface area (Å²) in [6.45, 7) is 3.22. The van der Waals surface area contributed by atoms with E-state index in [1.54, 1.807) is 0 Å². The lowest BCUT2D eigenvalue weighted by Gasteiger charge is -2.05. The summed E-state index contributed by atoms with van der Waals surface area (Å²) in [7, 11) is 0. The van der Waals surface area contributed by atoms with E-state index in [0.29, 0.717) is 0 Å². The molecule has 0 aliphatic rings. The summed E-state index contributed by atoms with van der Waals surface area (Å²) < 4.78 is 1.98. The van der Waals surface area contributed by atoms with Crippen molar-refractivity contribution in [2.45, 2.75) is 6.92 Å². The lowest BCUT2D eigenvalue weighted by Crippen LogP contribution is -2.15. The van der Waals surface area contributed by atoms with Crippen LogP contribution in [0, 0.1) is 0 Å². The molecular weight excluding hydrogens is 156 g/mol. The van der Waals surface area contributed by atoms with Crippen molar-refractivity contribution in [2.24, 2.45) is 0 Å². The minimum Gasteiger partial charge on any atom is -0.326 e. The summed E-state index contributed by atoms with van der Waals surface area (Å²) >= 11 is 1.95. The highest BCUT2D eigenvalue weighted by molar-refractivity contribution is 7.99. The van der Waals surface area contributed by atoms with Crippen LogP contribution in [-0.2, 0) is 0 Å². The van der Waals surface area contributed by atoms with Crippen LogP contribution in [0.1, 0.15) is 6.92 Å². The molecule has 1 aromatic heterocycles. The fourth-order valence-electron chi connectivity index (χ4n) is 0.831. The van der Waals surface area contributed by atoms with Crippen LogP contribution >= 0.6 is 11.8 Å². The molecule has 0 atom stereocenters. The smallest absolute Gasteiger partial charge is 0.0404 e. The molecule has 0 fully saturated rings. The first-order chi connectivity index (χ1) is 5.43. The van der Waals surface area contributed by atoms with Crippen molar-refractivity contribution >= 4 is 11.8 Å². The van der Waals surface area contributed by atoms with Gasteiger partial charge in [0.1, 0.15) is 0 Å². The van der Waals surface area contributed by atoms with Crippen molar-refractivity contribution in [3.05, 3.63) is 24.5 Å². The molecule has 2 nitrogen and oxygen atoms in total. The molecule has 0 bridgehead atoms. The summed E-state index contributed by atoms with van der Waals surface area (Å²) in [6.07, 6.45) is 4.02. The Balaban J connectivity index is 2.04. The molecule has 11 heavy (non-hydrogen) atoms. The van der Waals surface area contributed by atoms with E-state index >= 15 is 0 Å². The van der Waals surface area contributed by atoms with Gasteiger partial charge in [-0.25, -0.2) is 0 Å². The van der Waals surface area contributed by atoms with Crippen LogP contribution < -0.4 is 5.43 Å². The summed E-state index contributed by atoms with van der Waals surface area (Å²) in [4.78, 5) is 0. The van der Waals surface area contributed by atoms with Crippen LogP contribution in [0.3, 0.4) is 0 Å². The Morgan fingerprint density at radius 1 is 1.36 bits per heavy atom. The predicted molar refractivity (Wildman–Crippen MR) is 51.7 cm³/mol. The van der Waals surface area contributed by atoms with Gasteiger partial charge in [-0.05, 0) is 17.9 Å². The number of rotatable bonds is 5. The van der Waals surface area contributed by atoms with Crippen molar-refractivity contribution in [2.75, 3.05) is 23.5 Å². The van der Waals surface area contributed by atoms with E-state index in [-0.39, 0.29) is 0 Å². The monoisotopic (exact) mass is 170 g/mol. The quantitative estimate of drug-likeness (QED) is 0.678. The first kappa shape index (κ1) is 8.53. The average molecular weight is 170 g/mol. The van der Waals surface area contributed by atoms with Crippen LogP contribution in [0.15, 0.2) is 24.5 Å². The number of aromatic nitrogens is 1. The topological polar surface area (TPSA) is 17.0 Å². The lowest BCUT2D eigenvalue weighted by molar-refractivity contribution is 0.876. The van der Waals surface area contributed by atoms with E-state index in [1.165, 1.54) is 11.5 Å². The molecular formula is C8H14N2S. The second-order valence-electron chi connectivity index (χ2n) is 2.20. The van der Waals surface area contributed by atoms with Crippen molar-refractivity contribution in [3.63, 3.8) is 0 Å². The maximum atomic E-state index is 3.26. The molecule has 0 saturated carbocycles. The maximum Gasteiger partial charge on any atom is 0.0404 e. The predicted octanol–water partition coefficient (Wildman–Crippen LogP) is 1.78. The largest absolute Gasteiger partial charge is 0.326 e. The third-order valence-electron chi connectivity index (χ3n) is 1.35. The molecule has 0 aliphatic carbocycles. The number of thioether (sulfide) groups is 1. The third-order valence-corrected chi connectivity index (χ3v) is 2.25. The molecule has 1 rings (SSSR count). The minimum absolute atomic E-state index is 1.03. The van der Waals surface area contributed by atoms with Crippen molar-refractivity contribution in [1.29, 1.82) is 0 Å². The van der Waals surface area contributed by atoms with Gasteiger partial charge in [0.2, 0.25) is 0 Å². The molecule has 0 aromatic carbocycles. The molecule has 1 N–H and O–H groups in total. The zero-order valence-corrected chi connectivity index (χ0v) is 7.60. The fraction of sp³-hybridized carbons (Fsp3) is 0.500. The first-order valence-electron chi connectivity index (χ1n) is 3.88. The lowest BCUT2D eigenvalue weighted by atomic mass is 10.7. The van der Waals surface area contributed by atoms with E-state index in [2.05, 4.69) is 12.3 Å². The van der Waals surface area contributed by atoms with E-state index < -0.39 is 0 Å². The normalized spacial score (nSPS) is 9.91. The molecule has 0 amide bonds. The third kappa shape index (κ3) is 3.37. The Bertz CT molecular complexity index is 172. The van der Waals surface area contributed by atoms with Gasteiger partial charge >= 0.3 is 0 Å².